The van der Waals surface area contributed by atoms with E-state index in [0.717, 1.165) is 31.7 Å². The first-order valence-corrected chi connectivity index (χ1v) is 6.73. The van der Waals surface area contributed by atoms with E-state index in [9.17, 15) is 0 Å². The lowest BCUT2D eigenvalue weighted by atomic mass is 9.98. The zero-order valence-corrected chi connectivity index (χ0v) is 11.2. The second kappa shape index (κ2) is 8.04. The Morgan fingerprint density at radius 1 is 1.44 bits per heavy atom. The van der Waals surface area contributed by atoms with E-state index in [1.807, 2.05) is 0 Å². The molecule has 0 radical (unpaired) electrons. The fourth-order valence-corrected chi connectivity index (χ4v) is 2.23. The Morgan fingerprint density at radius 3 is 2.94 bits per heavy atom. The molecule has 1 rings (SSSR count). The lowest BCUT2D eigenvalue weighted by Gasteiger charge is -2.32. The lowest BCUT2D eigenvalue weighted by Crippen LogP contribution is -2.41. The molecular weight excluding hydrogens is 200 g/mol. The molecule has 0 spiro atoms. The first kappa shape index (κ1) is 13.9. The fraction of sp³-hybridized carbons (Fsp3) is 1.00. The van der Waals surface area contributed by atoms with Crippen molar-refractivity contribution in [2.75, 3.05) is 39.5 Å². The van der Waals surface area contributed by atoms with Crippen LogP contribution >= 0.6 is 0 Å². The van der Waals surface area contributed by atoms with Crippen molar-refractivity contribution in [1.82, 2.24) is 10.2 Å². The Kier molecular flexibility index (Phi) is 7.01. The summed E-state index contributed by atoms with van der Waals surface area (Å²) >= 11 is 0. The van der Waals surface area contributed by atoms with Gasteiger partial charge < -0.3 is 10.1 Å². The summed E-state index contributed by atoms with van der Waals surface area (Å²) in [7, 11) is 0. The van der Waals surface area contributed by atoms with Crippen molar-refractivity contribution < 1.29 is 4.74 Å². The Morgan fingerprint density at radius 2 is 2.25 bits per heavy atom. The fourth-order valence-electron chi connectivity index (χ4n) is 2.23. The number of ether oxygens (including phenoxy) is 1. The summed E-state index contributed by atoms with van der Waals surface area (Å²) in [6, 6.07) is 0. The van der Waals surface area contributed by atoms with Gasteiger partial charge in [0.15, 0.2) is 0 Å². The maximum absolute atomic E-state index is 5.47. The molecule has 1 saturated heterocycles. The molecule has 3 nitrogen and oxygen atoms in total. The van der Waals surface area contributed by atoms with Crippen molar-refractivity contribution in [3.63, 3.8) is 0 Å². The summed E-state index contributed by atoms with van der Waals surface area (Å²) in [5.74, 6) is 1.57. The van der Waals surface area contributed by atoms with Gasteiger partial charge in [-0.2, -0.15) is 0 Å². The summed E-state index contributed by atoms with van der Waals surface area (Å²) in [4.78, 5) is 2.44. The molecule has 0 aliphatic carbocycles. The molecule has 0 amide bonds. The molecule has 1 fully saturated rings. The van der Waals surface area contributed by atoms with Gasteiger partial charge in [-0.25, -0.2) is 0 Å². The van der Waals surface area contributed by atoms with Crippen LogP contribution in [-0.4, -0.2) is 44.4 Å². The van der Waals surface area contributed by atoms with E-state index in [1.54, 1.807) is 0 Å². The van der Waals surface area contributed by atoms with Crippen LogP contribution in [0.25, 0.3) is 0 Å². The third-order valence-corrected chi connectivity index (χ3v) is 3.07. The Balaban J connectivity index is 2.12. The van der Waals surface area contributed by atoms with Crippen molar-refractivity contribution in [3.8, 4) is 0 Å². The molecule has 0 aromatic heterocycles. The summed E-state index contributed by atoms with van der Waals surface area (Å²) in [5, 5.41) is 3.56. The summed E-state index contributed by atoms with van der Waals surface area (Å²) in [6.45, 7) is 12.9. The summed E-state index contributed by atoms with van der Waals surface area (Å²) < 4.78 is 5.47. The van der Waals surface area contributed by atoms with Crippen molar-refractivity contribution in [1.29, 1.82) is 0 Å². The maximum Gasteiger partial charge on any atom is 0.0990 e. The van der Waals surface area contributed by atoms with Crippen LogP contribution in [0, 0.1) is 11.8 Å². The maximum atomic E-state index is 5.47. The average Bonchev–Trinajstić information content (AvgIpc) is 2.26. The zero-order valence-electron chi connectivity index (χ0n) is 11.2. The van der Waals surface area contributed by atoms with E-state index < -0.39 is 0 Å². The minimum absolute atomic E-state index is 0.753. The van der Waals surface area contributed by atoms with E-state index in [0.29, 0.717) is 0 Å². The largest absolute Gasteiger partial charge is 0.366 e. The van der Waals surface area contributed by atoms with E-state index in [-0.39, 0.29) is 0 Å². The molecule has 1 N–H and O–H groups in total. The highest BCUT2D eigenvalue weighted by atomic mass is 16.5. The Bertz CT molecular complexity index is 173. The van der Waals surface area contributed by atoms with Crippen LogP contribution in [0.2, 0.25) is 0 Å². The highest BCUT2D eigenvalue weighted by Gasteiger charge is 2.19. The molecule has 3 heteroatoms. The highest BCUT2D eigenvalue weighted by molar-refractivity contribution is 4.73. The van der Waals surface area contributed by atoms with E-state index in [2.05, 4.69) is 31.0 Å². The van der Waals surface area contributed by atoms with Crippen LogP contribution < -0.4 is 5.32 Å². The van der Waals surface area contributed by atoms with Crippen LogP contribution in [0.4, 0.5) is 0 Å². The molecule has 0 aromatic carbocycles. The SMILES string of the molecule is CCOCN1CCCC(CNCC(C)C)C1. The average molecular weight is 228 g/mol. The van der Waals surface area contributed by atoms with Crippen molar-refractivity contribution >= 4 is 0 Å². The van der Waals surface area contributed by atoms with Gasteiger partial charge in [-0.1, -0.05) is 13.8 Å². The number of hydrogen-bond donors (Lipinski definition) is 1. The lowest BCUT2D eigenvalue weighted by molar-refractivity contribution is 0.0122. The number of nitrogens with one attached hydrogen (secondary N) is 1. The normalized spacial score (nSPS) is 22.9. The van der Waals surface area contributed by atoms with Gasteiger partial charge in [-0.3, -0.25) is 4.90 Å². The smallest absolute Gasteiger partial charge is 0.0990 e. The van der Waals surface area contributed by atoms with Crippen molar-refractivity contribution in [2.45, 2.75) is 33.6 Å². The third-order valence-electron chi connectivity index (χ3n) is 3.07. The number of rotatable bonds is 7. The van der Waals surface area contributed by atoms with Gasteiger partial charge >= 0.3 is 0 Å². The monoisotopic (exact) mass is 228 g/mol. The Labute approximate surface area is 101 Å². The second-order valence-electron chi connectivity index (χ2n) is 5.26. The minimum atomic E-state index is 0.753. The topological polar surface area (TPSA) is 24.5 Å². The zero-order chi connectivity index (χ0) is 11.8. The molecular formula is C13H28N2O. The van der Waals surface area contributed by atoms with Crippen LogP contribution in [0.15, 0.2) is 0 Å². The minimum Gasteiger partial charge on any atom is -0.366 e. The molecule has 1 atom stereocenters. The van der Waals surface area contributed by atoms with Crippen LogP contribution in [-0.2, 0) is 4.74 Å². The number of likely N-dealkylation sites (tertiary alicyclic amines) is 1. The van der Waals surface area contributed by atoms with Gasteiger partial charge in [0.2, 0.25) is 0 Å². The van der Waals surface area contributed by atoms with Gasteiger partial charge in [-0.05, 0) is 44.7 Å². The quantitative estimate of drug-likeness (QED) is 0.721. The molecule has 0 bridgehead atoms. The van der Waals surface area contributed by atoms with Gasteiger partial charge in [0.1, 0.15) is 0 Å². The van der Waals surface area contributed by atoms with E-state index in [4.69, 9.17) is 4.74 Å². The second-order valence-corrected chi connectivity index (χ2v) is 5.26. The predicted molar refractivity (Wildman–Crippen MR) is 68.5 cm³/mol. The van der Waals surface area contributed by atoms with Gasteiger partial charge in [-0.15, -0.1) is 0 Å². The number of nitrogens with zero attached hydrogens (tertiary/aromatic N) is 1. The first-order chi connectivity index (χ1) is 7.72. The number of hydrogen-bond acceptors (Lipinski definition) is 3. The predicted octanol–water partition coefficient (Wildman–Crippen LogP) is 1.94. The molecule has 1 aliphatic rings. The van der Waals surface area contributed by atoms with Crippen LogP contribution in [0.1, 0.15) is 33.6 Å². The van der Waals surface area contributed by atoms with Gasteiger partial charge in [0.25, 0.3) is 0 Å². The molecule has 1 heterocycles. The highest BCUT2D eigenvalue weighted by Crippen LogP contribution is 2.15. The summed E-state index contributed by atoms with van der Waals surface area (Å²) in [6.07, 6.45) is 2.69. The third kappa shape index (κ3) is 5.83. The molecule has 1 aliphatic heterocycles. The standard InChI is InChI=1S/C13H28N2O/c1-4-16-11-15-7-5-6-13(10-15)9-14-8-12(2)3/h12-14H,4-11H2,1-3H3. The molecule has 96 valence electrons. The summed E-state index contributed by atoms with van der Waals surface area (Å²) in [5.41, 5.74) is 0. The van der Waals surface area contributed by atoms with E-state index in [1.165, 1.54) is 32.5 Å². The molecule has 0 aromatic rings. The first-order valence-electron chi connectivity index (χ1n) is 6.73. The van der Waals surface area contributed by atoms with E-state index >= 15 is 0 Å². The number of piperidine rings is 1. The molecule has 16 heavy (non-hydrogen) atoms. The van der Waals surface area contributed by atoms with Gasteiger partial charge in [0, 0.05) is 19.7 Å². The van der Waals surface area contributed by atoms with Crippen molar-refractivity contribution in [3.05, 3.63) is 0 Å². The molecule has 1 unspecified atom stereocenters. The van der Waals surface area contributed by atoms with Gasteiger partial charge in [0.05, 0.1) is 6.73 Å². The van der Waals surface area contributed by atoms with Crippen LogP contribution in [0.3, 0.4) is 0 Å². The van der Waals surface area contributed by atoms with Crippen LogP contribution in [0.5, 0.6) is 0 Å². The Hall–Kier alpha value is -0.120. The van der Waals surface area contributed by atoms with Crippen molar-refractivity contribution in [2.24, 2.45) is 11.8 Å². The molecule has 0 saturated carbocycles.